The summed E-state index contributed by atoms with van der Waals surface area (Å²) >= 11 is 0. The van der Waals surface area contributed by atoms with E-state index in [-0.39, 0.29) is 35.5 Å². The maximum absolute atomic E-state index is 14.1. The van der Waals surface area contributed by atoms with Gasteiger partial charge in [0, 0.05) is 36.8 Å². The summed E-state index contributed by atoms with van der Waals surface area (Å²) in [6.07, 6.45) is 3.52. The second-order valence-corrected chi connectivity index (χ2v) is 6.86. The summed E-state index contributed by atoms with van der Waals surface area (Å²) in [6.45, 7) is 7.33. The predicted octanol–water partition coefficient (Wildman–Crippen LogP) is 1.92. The molecule has 2 unspecified atom stereocenters. The minimum atomic E-state index is -1.04. The van der Waals surface area contributed by atoms with Crippen molar-refractivity contribution in [2.24, 2.45) is 9.98 Å². The zero-order chi connectivity index (χ0) is 21.1. The van der Waals surface area contributed by atoms with Gasteiger partial charge in [-0.3, -0.25) is 4.79 Å². The van der Waals surface area contributed by atoms with Gasteiger partial charge in [0.05, 0.1) is 24.0 Å². The number of carbonyl (C=O) groups excluding carboxylic acids is 1. The van der Waals surface area contributed by atoms with Gasteiger partial charge < -0.3 is 19.9 Å². The Kier molecular flexibility index (Phi) is 6.02. The van der Waals surface area contributed by atoms with Crippen LogP contribution in [0.3, 0.4) is 0 Å². The number of alkyl halides is 1. The van der Waals surface area contributed by atoms with Crippen molar-refractivity contribution < 1.29 is 13.6 Å². The molecular weight excluding hydrogens is 380 g/mol. The average Bonchev–Trinajstić information content (AvgIpc) is 3.24. The van der Waals surface area contributed by atoms with Crippen molar-refractivity contribution in [3.05, 3.63) is 41.7 Å². The number of hydrogen-bond donors (Lipinski definition) is 2. The van der Waals surface area contributed by atoms with Crippen LogP contribution in [-0.4, -0.2) is 65.2 Å². The number of hydrogen-bond acceptors (Lipinski definition) is 4. The van der Waals surface area contributed by atoms with Crippen LogP contribution in [0.1, 0.15) is 12.6 Å². The van der Waals surface area contributed by atoms with Crippen molar-refractivity contribution in [3.8, 4) is 0 Å². The summed E-state index contributed by atoms with van der Waals surface area (Å²) in [7, 11) is 1.69. The fourth-order valence-electron chi connectivity index (χ4n) is 3.11. The first-order valence-electron chi connectivity index (χ1n) is 9.06. The molecule has 1 amide bonds. The summed E-state index contributed by atoms with van der Waals surface area (Å²) < 4.78 is 29.6. The molecule has 154 valence electrons. The molecule has 2 aromatic heterocycles. The Morgan fingerprint density at radius 1 is 1.41 bits per heavy atom. The first-order valence-corrected chi connectivity index (χ1v) is 9.06. The molecule has 2 aromatic rings. The third kappa shape index (κ3) is 4.48. The number of aliphatic imine (C=N–C) groups is 2. The number of aromatic nitrogens is 2. The van der Waals surface area contributed by atoms with Crippen LogP contribution in [0.2, 0.25) is 0 Å². The van der Waals surface area contributed by atoms with Crippen molar-refractivity contribution >= 4 is 29.9 Å². The van der Waals surface area contributed by atoms with Gasteiger partial charge in [0.15, 0.2) is 11.5 Å². The van der Waals surface area contributed by atoms with E-state index in [1.54, 1.807) is 38.2 Å². The van der Waals surface area contributed by atoms with Gasteiger partial charge in [0.2, 0.25) is 5.96 Å². The number of halogens is 2. The van der Waals surface area contributed by atoms with Crippen LogP contribution in [0.15, 0.2) is 40.2 Å². The van der Waals surface area contributed by atoms with Gasteiger partial charge in [-0.25, -0.2) is 23.7 Å². The van der Waals surface area contributed by atoms with Crippen LogP contribution in [-0.2, 0) is 4.79 Å². The van der Waals surface area contributed by atoms with E-state index < -0.39 is 17.9 Å². The standard InChI is InChI=1S/C19H23F2N7O/c1-11(6-24-19(23-4)28-9-15(21)16(10-28)22-3)18(29)26-13-5-14(20)17-25-12(2)7-27(17)8-13/h5-8,15-16,22H,4,9-10H2,1-3H3,(H,26,29)/b11-6+,24-19+. The third-order valence-electron chi connectivity index (χ3n) is 4.66. The SMILES string of the molecule is C=N/C(=N\C=C(/C)C(=O)Nc1cc(F)c2nc(C)cn2c1)N1CC(F)C(NC)C1. The number of pyridine rings is 1. The molecule has 0 bridgehead atoms. The molecule has 0 saturated carbocycles. The van der Waals surface area contributed by atoms with Gasteiger partial charge in [-0.05, 0) is 27.6 Å². The maximum atomic E-state index is 14.1. The number of fused-ring (bicyclic) bond motifs is 1. The van der Waals surface area contributed by atoms with Gasteiger partial charge in [0.25, 0.3) is 5.91 Å². The van der Waals surface area contributed by atoms with Crippen molar-refractivity contribution in [2.45, 2.75) is 26.1 Å². The largest absolute Gasteiger partial charge is 0.336 e. The lowest BCUT2D eigenvalue weighted by molar-refractivity contribution is -0.112. The second kappa shape index (κ2) is 8.48. The van der Waals surface area contributed by atoms with E-state index in [1.807, 2.05) is 0 Å². The van der Waals surface area contributed by atoms with Gasteiger partial charge in [-0.15, -0.1) is 0 Å². The molecule has 2 N–H and O–H groups in total. The van der Waals surface area contributed by atoms with Gasteiger partial charge in [-0.1, -0.05) is 0 Å². The van der Waals surface area contributed by atoms with Crippen LogP contribution in [0.25, 0.3) is 5.65 Å². The number of aryl methyl sites for hydroxylation is 1. The molecule has 1 aliphatic rings. The minimum absolute atomic E-state index is 0.145. The van der Waals surface area contributed by atoms with E-state index in [0.29, 0.717) is 12.2 Å². The third-order valence-corrected chi connectivity index (χ3v) is 4.66. The lowest BCUT2D eigenvalue weighted by Gasteiger charge is -2.15. The van der Waals surface area contributed by atoms with Gasteiger partial charge >= 0.3 is 0 Å². The molecule has 29 heavy (non-hydrogen) atoms. The first kappa shape index (κ1) is 20.6. The Hall–Kier alpha value is -3.14. The molecular formula is C19H23F2N7O. The summed E-state index contributed by atoms with van der Waals surface area (Å²) in [5.41, 5.74) is 1.42. The number of rotatable bonds is 4. The fraction of sp³-hybridized carbons (Fsp3) is 0.368. The number of guanidine groups is 1. The summed E-state index contributed by atoms with van der Waals surface area (Å²) in [4.78, 5) is 26.1. The second-order valence-electron chi connectivity index (χ2n) is 6.86. The van der Waals surface area contributed by atoms with Crippen molar-refractivity contribution in [2.75, 3.05) is 25.5 Å². The Morgan fingerprint density at radius 3 is 2.83 bits per heavy atom. The fourth-order valence-corrected chi connectivity index (χ4v) is 3.11. The summed E-state index contributed by atoms with van der Waals surface area (Å²) in [5.74, 6) is -0.757. The van der Waals surface area contributed by atoms with Gasteiger partial charge in [-0.2, -0.15) is 0 Å². The molecule has 1 saturated heterocycles. The van der Waals surface area contributed by atoms with Gasteiger partial charge in [0.1, 0.15) is 6.17 Å². The number of likely N-dealkylation sites (tertiary alicyclic amines) is 1. The van der Waals surface area contributed by atoms with Crippen molar-refractivity contribution in [1.29, 1.82) is 0 Å². The Labute approximate surface area is 167 Å². The molecule has 0 spiro atoms. The molecule has 3 rings (SSSR count). The zero-order valence-electron chi connectivity index (χ0n) is 16.5. The highest BCUT2D eigenvalue weighted by Gasteiger charge is 2.33. The molecule has 1 fully saturated rings. The lowest BCUT2D eigenvalue weighted by atomic mass is 10.2. The quantitative estimate of drug-likeness (QED) is 0.464. The average molecular weight is 403 g/mol. The number of imidazole rings is 1. The summed E-state index contributed by atoms with van der Waals surface area (Å²) in [6, 6.07) is 0.892. The first-order chi connectivity index (χ1) is 13.8. The van der Waals surface area contributed by atoms with Crippen LogP contribution < -0.4 is 10.6 Å². The number of amides is 1. The van der Waals surface area contributed by atoms with E-state index >= 15 is 0 Å². The van der Waals surface area contributed by atoms with E-state index in [4.69, 9.17) is 0 Å². The van der Waals surface area contributed by atoms with Crippen molar-refractivity contribution in [1.82, 2.24) is 19.6 Å². The number of likely N-dealkylation sites (N-methyl/N-ethyl adjacent to an activating group) is 1. The number of nitrogens with one attached hydrogen (secondary N) is 2. The molecule has 1 aliphatic heterocycles. The highest BCUT2D eigenvalue weighted by molar-refractivity contribution is 6.03. The highest BCUT2D eigenvalue weighted by Crippen LogP contribution is 2.17. The maximum Gasteiger partial charge on any atom is 0.252 e. The minimum Gasteiger partial charge on any atom is -0.336 e. The predicted molar refractivity (Wildman–Crippen MR) is 109 cm³/mol. The molecule has 3 heterocycles. The Bertz CT molecular complexity index is 998. The topological polar surface area (TPSA) is 86.4 Å². The lowest BCUT2D eigenvalue weighted by Crippen LogP contribution is -2.35. The van der Waals surface area contributed by atoms with Crippen LogP contribution in [0, 0.1) is 12.7 Å². The summed E-state index contributed by atoms with van der Waals surface area (Å²) in [5, 5.41) is 5.52. The van der Waals surface area contributed by atoms with Crippen LogP contribution in [0.4, 0.5) is 14.5 Å². The number of carbonyl (C=O) groups is 1. The van der Waals surface area contributed by atoms with E-state index in [1.165, 1.54) is 16.7 Å². The molecule has 0 aromatic carbocycles. The van der Waals surface area contributed by atoms with E-state index in [0.717, 1.165) is 0 Å². The molecule has 0 aliphatic carbocycles. The van der Waals surface area contributed by atoms with E-state index in [9.17, 15) is 13.6 Å². The van der Waals surface area contributed by atoms with E-state index in [2.05, 4.69) is 32.3 Å². The molecule has 8 nitrogen and oxygen atoms in total. The zero-order valence-corrected chi connectivity index (χ0v) is 16.5. The number of anilines is 1. The molecule has 0 radical (unpaired) electrons. The normalized spacial score (nSPS) is 20.4. The molecule has 10 heteroatoms. The van der Waals surface area contributed by atoms with Crippen molar-refractivity contribution in [3.63, 3.8) is 0 Å². The Morgan fingerprint density at radius 2 is 2.17 bits per heavy atom. The Balaban J connectivity index is 1.73. The van der Waals surface area contributed by atoms with Crippen LogP contribution >= 0.6 is 0 Å². The van der Waals surface area contributed by atoms with Crippen LogP contribution in [0.5, 0.6) is 0 Å². The monoisotopic (exact) mass is 403 g/mol. The smallest absolute Gasteiger partial charge is 0.252 e. The number of nitrogens with zero attached hydrogens (tertiary/aromatic N) is 5. The highest BCUT2D eigenvalue weighted by atomic mass is 19.1. The molecule has 2 atom stereocenters.